The van der Waals surface area contributed by atoms with Crippen molar-refractivity contribution < 1.29 is 20.4 Å². The Bertz CT molecular complexity index is 1080. The third kappa shape index (κ3) is 5.99. The van der Waals surface area contributed by atoms with Crippen LogP contribution in [0.3, 0.4) is 0 Å². The molecule has 0 aliphatic heterocycles. The Labute approximate surface area is 237 Å². The summed E-state index contributed by atoms with van der Waals surface area (Å²) in [6.07, 6.45) is 0. The first-order valence-electron chi connectivity index (χ1n) is 14.1. The zero-order valence-electron chi connectivity index (χ0n) is 26.6. The number of hydrogen-bond acceptors (Lipinski definition) is 5. The van der Waals surface area contributed by atoms with E-state index in [-0.39, 0.29) is 0 Å². The lowest BCUT2D eigenvalue weighted by atomic mass is 9.56. The zero-order valence-corrected chi connectivity index (χ0v) is 26.6. The third-order valence-electron chi connectivity index (χ3n) is 8.13. The standard InChI is InChI=1S/C34H55NO4/c1-29(2,3)23-14-13-15-24(30(4,5)6)27(23)34(39,33(19-36,20-37)21-38)28-25(31(7,8)9)16-22(18-35)17-26(28)32(10,11)12/h13-17,36-39H,18-21,35H2,1-12H3. The molecule has 0 saturated heterocycles. The Balaban J connectivity index is 3.54. The van der Waals surface area contributed by atoms with E-state index >= 15 is 0 Å². The fourth-order valence-electron chi connectivity index (χ4n) is 5.73. The van der Waals surface area contributed by atoms with E-state index in [0.29, 0.717) is 17.7 Å². The number of nitrogens with two attached hydrogens (primary N) is 1. The van der Waals surface area contributed by atoms with Crippen molar-refractivity contribution in [2.75, 3.05) is 19.8 Å². The molecular weight excluding hydrogens is 486 g/mol. The average Bonchev–Trinajstić information content (AvgIpc) is 2.81. The van der Waals surface area contributed by atoms with Crippen LogP contribution in [-0.4, -0.2) is 40.2 Å². The summed E-state index contributed by atoms with van der Waals surface area (Å²) >= 11 is 0. The Hall–Kier alpha value is -1.76. The van der Waals surface area contributed by atoms with Crippen LogP contribution in [-0.2, 0) is 33.8 Å². The Morgan fingerprint density at radius 1 is 0.564 bits per heavy atom. The summed E-state index contributed by atoms with van der Waals surface area (Å²) in [5.41, 5.74) is 6.65. The molecule has 1 atom stereocenters. The quantitative estimate of drug-likeness (QED) is 0.317. The molecule has 5 heteroatoms. The monoisotopic (exact) mass is 541 g/mol. The van der Waals surface area contributed by atoms with E-state index in [4.69, 9.17) is 5.73 Å². The van der Waals surface area contributed by atoms with Crippen molar-refractivity contribution in [2.45, 2.75) is 117 Å². The molecule has 0 heterocycles. The van der Waals surface area contributed by atoms with E-state index in [1.807, 2.05) is 30.3 Å². The molecule has 0 radical (unpaired) electrons. The molecule has 2 aromatic rings. The van der Waals surface area contributed by atoms with Gasteiger partial charge < -0.3 is 26.2 Å². The van der Waals surface area contributed by atoms with Crippen molar-refractivity contribution in [2.24, 2.45) is 11.1 Å². The van der Waals surface area contributed by atoms with Crippen LogP contribution < -0.4 is 5.73 Å². The first kappa shape index (κ1) is 33.4. The first-order chi connectivity index (χ1) is 17.6. The van der Waals surface area contributed by atoms with Gasteiger partial charge in [0.1, 0.15) is 5.60 Å². The summed E-state index contributed by atoms with van der Waals surface area (Å²) in [4.78, 5) is 0. The number of aliphatic hydroxyl groups is 4. The molecule has 0 aromatic heterocycles. The molecule has 1 unspecified atom stereocenters. The zero-order chi connectivity index (χ0) is 30.4. The fourth-order valence-corrected chi connectivity index (χ4v) is 5.73. The highest BCUT2D eigenvalue weighted by atomic mass is 16.3. The lowest BCUT2D eigenvalue weighted by Gasteiger charge is -2.51. The maximum atomic E-state index is 13.7. The molecule has 5 nitrogen and oxygen atoms in total. The predicted molar refractivity (Wildman–Crippen MR) is 162 cm³/mol. The van der Waals surface area contributed by atoms with Crippen molar-refractivity contribution in [1.29, 1.82) is 0 Å². The maximum absolute atomic E-state index is 13.7. The number of aliphatic hydroxyl groups excluding tert-OH is 3. The topological polar surface area (TPSA) is 107 Å². The molecule has 6 N–H and O–H groups in total. The molecule has 0 aliphatic rings. The molecule has 0 aliphatic carbocycles. The molecule has 0 fully saturated rings. The van der Waals surface area contributed by atoms with E-state index in [2.05, 4.69) is 83.1 Å². The van der Waals surface area contributed by atoms with Gasteiger partial charge in [0, 0.05) is 6.54 Å². The van der Waals surface area contributed by atoms with Gasteiger partial charge in [-0.2, -0.15) is 0 Å². The summed E-state index contributed by atoms with van der Waals surface area (Å²) in [6.45, 7) is 23.7. The van der Waals surface area contributed by atoms with E-state index in [1.165, 1.54) is 0 Å². The van der Waals surface area contributed by atoms with Gasteiger partial charge in [-0.1, -0.05) is 113 Å². The van der Waals surface area contributed by atoms with E-state index in [9.17, 15) is 20.4 Å². The molecule has 0 amide bonds. The largest absolute Gasteiger partial charge is 0.395 e. The summed E-state index contributed by atoms with van der Waals surface area (Å²) < 4.78 is 0. The first-order valence-corrected chi connectivity index (χ1v) is 14.1. The molecule has 2 rings (SSSR count). The molecule has 0 spiro atoms. The van der Waals surface area contributed by atoms with Crippen LogP contribution in [0.2, 0.25) is 0 Å². The lowest BCUT2D eigenvalue weighted by molar-refractivity contribution is -0.138. The van der Waals surface area contributed by atoms with E-state index in [0.717, 1.165) is 27.8 Å². The van der Waals surface area contributed by atoms with Crippen molar-refractivity contribution in [3.8, 4) is 0 Å². The van der Waals surface area contributed by atoms with E-state index in [1.54, 1.807) is 0 Å². The molecule has 0 bridgehead atoms. The third-order valence-corrected chi connectivity index (χ3v) is 8.13. The minimum atomic E-state index is -1.96. The minimum absolute atomic E-state index is 0.335. The molecule has 220 valence electrons. The summed E-state index contributed by atoms with van der Waals surface area (Å²) in [5, 5.41) is 46.7. The van der Waals surface area contributed by atoms with E-state index < -0.39 is 52.5 Å². The number of hydrogen-bond donors (Lipinski definition) is 5. The van der Waals surface area contributed by atoms with Crippen LogP contribution in [0.25, 0.3) is 0 Å². The summed E-state index contributed by atoms with van der Waals surface area (Å²) in [5.74, 6) is 0. The second-order valence-electron chi connectivity index (χ2n) is 15.5. The van der Waals surface area contributed by atoms with Gasteiger partial charge in [0.2, 0.25) is 0 Å². The van der Waals surface area contributed by atoms with Crippen LogP contribution in [0.15, 0.2) is 30.3 Å². The van der Waals surface area contributed by atoms with Gasteiger partial charge in [0.25, 0.3) is 0 Å². The van der Waals surface area contributed by atoms with Crippen LogP contribution >= 0.6 is 0 Å². The number of benzene rings is 2. The van der Waals surface area contributed by atoms with Crippen molar-refractivity contribution in [1.82, 2.24) is 0 Å². The highest BCUT2D eigenvalue weighted by Crippen LogP contribution is 2.55. The van der Waals surface area contributed by atoms with Crippen LogP contribution in [0.5, 0.6) is 0 Å². The molecule has 0 saturated carbocycles. The second-order valence-corrected chi connectivity index (χ2v) is 15.5. The predicted octanol–water partition coefficient (Wildman–Crippen LogP) is 5.53. The highest BCUT2D eigenvalue weighted by molar-refractivity contribution is 5.59. The van der Waals surface area contributed by atoms with Gasteiger partial charge in [0.05, 0.1) is 25.2 Å². The molecule has 2 aromatic carbocycles. The smallest absolute Gasteiger partial charge is 0.128 e. The Kier molecular flexibility index (Phi) is 9.35. The highest BCUT2D eigenvalue weighted by Gasteiger charge is 2.57. The lowest BCUT2D eigenvalue weighted by Crippen LogP contribution is -2.57. The van der Waals surface area contributed by atoms with Gasteiger partial charge in [-0.15, -0.1) is 0 Å². The van der Waals surface area contributed by atoms with Gasteiger partial charge in [-0.05, 0) is 60.6 Å². The van der Waals surface area contributed by atoms with Gasteiger partial charge in [0.15, 0.2) is 0 Å². The van der Waals surface area contributed by atoms with Gasteiger partial charge in [-0.25, -0.2) is 0 Å². The van der Waals surface area contributed by atoms with Crippen molar-refractivity contribution in [3.05, 3.63) is 69.3 Å². The number of rotatable bonds is 7. The Morgan fingerprint density at radius 2 is 0.872 bits per heavy atom. The van der Waals surface area contributed by atoms with Crippen LogP contribution in [0, 0.1) is 5.41 Å². The SMILES string of the molecule is CC(C)(C)c1cccc(C(C)(C)C)c1C(O)(c1c(C(C)(C)C)cc(CN)cc1C(C)(C)C)C(CO)(CO)CO. The summed E-state index contributed by atoms with van der Waals surface area (Å²) in [7, 11) is 0. The van der Waals surface area contributed by atoms with Crippen molar-refractivity contribution >= 4 is 0 Å². The van der Waals surface area contributed by atoms with Gasteiger partial charge >= 0.3 is 0 Å². The van der Waals surface area contributed by atoms with Crippen LogP contribution in [0.4, 0.5) is 0 Å². The van der Waals surface area contributed by atoms with Crippen LogP contribution in [0.1, 0.15) is 122 Å². The molecular formula is C34H55NO4. The van der Waals surface area contributed by atoms with Crippen molar-refractivity contribution in [3.63, 3.8) is 0 Å². The van der Waals surface area contributed by atoms with Gasteiger partial charge in [-0.3, -0.25) is 0 Å². The molecule has 39 heavy (non-hydrogen) atoms. The normalized spacial score (nSPS) is 15.4. The summed E-state index contributed by atoms with van der Waals surface area (Å²) in [6, 6.07) is 10.1. The average molecular weight is 542 g/mol. The Morgan fingerprint density at radius 3 is 1.13 bits per heavy atom. The fraction of sp³-hybridized carbons (Fsp3) is 0.647. The second kappa shape index (κ2) is 10.9. The minimum Gasteiger partial charge on any atom is -0.395 e. The maximum Gasteiger partial charge on any atom is 0.128 e.